The van der Waals surface area contributed by atoms with Gasteiger partial charge in [0.1, 0.15) is 5.56 Å². The standard InChI is InChI=1S/C17H12N2O4/c20-16-11-3-1-2-4-13(11)18-8-12(16)17(21)19-10-5-6-14-15(7-10)23-9-22-14/h1-8H,9H2,(H,18,20)(H,19,21). The number of para-hydroxylation sites is 1. The van der Waals surface area contributed by atoms with Crippen LogP contribution in [0.5, 0.6) is 11.5 Å². The molecular weight excluding hydrogens is 296 g/mol. The molecule has 2 heterocycles. The molecular formula is C17H12N2O4. The second-order valence-corrected chi connectivity index (χ2v) is 5.10. The zero-order valence-corrected chi connectivity index (χ0v) is 12.0. The molecule has 1 amide bonds. The number of nitrogens with one attached hydrogen (secondary N) is 2. The number of hydrogen-bond acceptors (Lipinski definition) is 4. The number of pyridine rings is 1. The lowest BCUT2D eigenvalue weighted by Crippen LogP contribution is -2.21. The highest BCUT2D eigenvalue weighted by Crippen LogP contribution is 2.34. The molecule has 0 saturated heterocycles. The van der Waals surface area contributed by atoms with E-state index in [1.165, 1.54) is 6.20 Å². The van der Waals surface area contributed by atoms with Gasteiger partial charge in [0, 0.05) is 28.9 Å². The Morgan fingerprint density at radius 3 is 2.83 bits per heavy atom. The van der Waals surface area contributed by atoms with Crippen LogP contribution in [0.1, 0.15) is 10.4 Å². The number of H-pyrrole nitrogens is 1. The second-order valence-electron chi connectivity index (χ2n) is 5.10. The maximum atomic E-state index is 12.4. The molecule has 23 heavy (non-hydrogen) atoms. The Labute approximate surface area is 130 Å². The Kier molecular flexibility index (Phi) is 3.01. The van der Waals surface area contributed by atoms with Crippen LogP contribution in [-0.4, -0.2) is 17.7 Å². The van der Waals surface area contributed by atoms with E-state index in [0.717, 1.165) is 0 Å². The second kappa shape index (κ2) is 5.17. The molecule has 1 aliphatic heterocycles. The molecule has 6 heteroatoms. The molecule has 6 nitrogen and oxygen atoms in total. The summed E-state index contributed by atoms with van der Waals surface area (Å²) in [5.41, 5.74) is 0.975. The topological polar surface area (TPSA) is 80.4 Å². The van der Waals surface area contributed by atoms with Crippen LogP contribution in [0.4, 0.5) is 5.69 Å². The van der Waals surface area contributed by atoms with Crippen molar-refractivity contribution in [2.45, 2.75) is 0 Å². The average Bonchev–Trinajstić information content (AvgIpc) is 3.03. The number of aromatic nitrogens is 1. The van der Waals surface area contributed by atoms with Crippen LogP contribution in [-0.2, 0) is 0 Å². The van der Waals surface area contributed by atoms with E-state index in [-0.39, 0.29) is 17.8 Å². The minimum Gasteiger partial charge on any atom is -0.454 e. The lowest BCUT2D eigenvalue weighted by molar-refractivity contribution is 0.102. The number of rotatable bonds is 2. The van der Waals surface area contributed by atoms with Gasteiger partial charge in [0.25, 0.3) is 5.91 Å². The van der Waals surface area contributed by atoms with Crippen molar-refractivity contribution in [3.63, 3.8) is 0 Å². The highest BCUT2D eigenvalue weighted by Gasteiger charge is 2.16. The number of hydrogen-bond donors (Lipinski definition) is 2. The fourth-order valence-corrected chi connectivity index (χ4v) is 2.51. The van der Waals surface area contributed by atoms with Gasteiger partial charge in [-0.15, -0.1) is 0 Å². The molecule has 2 aromatic carbocycles. The molecule has 0 aliphatic carbocycles. The molecule has 1 aromatic heterocycles. The van der Waals surface area contributed by atoms with Crippen LogP contribution >= 0.6 is 0 Å². The fraction of sp³-hybridized carbons (Fsp3) is 0.0588. The first-order chi connectivity index (χ1) is 11.2. The Hall–Kier alpha value is -3.28. The van der Waals surface area contributed by atoms with Crippen LogP contribution in [0.15, 0.2) is 53.5 Å². The van der Waals surface area contributed by atoms with E-state index in [1.54, 1.807) is 36.4 Å². The van der Waals surface area contributed by atoms with Gasteiger partial charge in [0.2, 0.25) is 12.2 Å². The maximum Gasteiger partial charge on any atom is 0.261 e. The SMILES string of the molecule is O=C(Nc1ccc2c(c1)OCO2)c1c[nH]c2ccccc2c1=O. The number of amides is 1. The van der Waals surface area contributed by atoms with E-state index in [4.69, 9.17) is 9.47 Å². The highest BCUT2D eigenvalue weighted by atomic mass is 16.7. The minimum atomic E-state index is -0.476. The first-order valence-corrected chi connectivity index (χ1v) is 7.04. The van der Waals surface area contributed by atoms with Crippen molar-refractivity contribution in [1.29, 1.82) is 0 Å². The predicted octanol–water partition coefficient (Wildman–Crippen LogP) is 2.51. The number of ether oxygens (including phenoxy) is 2. The molecule has 4 rings (SSSR count). The summed E-state index contributed by atoms with van der Waals surface area (Å²) < 4.78 is 10.5. The van der Waals surface area contributed by atoms with Gasteiger partial charge in [-0.25, -0.2) is 0 Å². The van der Waals surface area contributed by atoms with Gasteiger partial charge in [0.05, 0.1) is 0 Å². The van der Waals surface area contributed by atoms with Crippen LogP contribution in [0.2, 0.25) is 0 Å². The van der Waals surface area contributed by atoms with Gasteiger partial charge in [-0.2, -0.15) is 0 Å². The van der Waals surface area contributed by atoms with Crippen LogP contribution in [0.25, 0.3) is 10.9 Å². The van der Waals surface area contributed by atoms with Crippen molar-refractivity contribution in [1.82, 2.24) is 4.98 Å². The maximum absolute atomic E-state index is 12.4. The molecule has 0 radical (unpaired) electrons. The molecule has 0 unspecified atom stereocenters. The number of fused-ring (bicyclic) bond motifs is 2. The Bertz CT molecular complexity index is 978. The molecule has 0 spiro atoms. The highest BCUT2D eigenvalue weighted by molar-refractivity contribution is 6.05. The van der Waals surface area contributed by atoms with Gasteiger partial charge in [-0.1, -0.05) is 12.1 Å². The largest absolute Gasteiger partial charge is 0.454 e. The first kappa shape index (κ1) is 13.4. The Balaban J connectivity index is 1.67. The van der Waals surface area contributed by atoms with Crippen molar-refractivity contribution < 1.29 is 14.3 Å². The van der Waals surface area contributed by atoms with E-state index < -0.39 is 5.91 Å². The summed E-state index contributed by atoms with van der Waals surface area (Å²) in [6.07, 6.45) is 1.42. The van der Waals surface area contributed by atoms with E-state index in [1.807, 2.05) is 6.07 Å². The van der Waals surface area contributed by atoms with Crippen molar-refractivity contribution in [2.24, 2.45) is 0 Å². The van der Waals surface area contributed by atoms with E-state index in [0.29, 0.717) is 28.1 Å². The quantitative estimate of drug-likeness (QED) is 0.762. The summed E-state index contributed by atoms with van der Waals surface area (Å²) in [6, 6.07) is 12.1. The Morgan fingerprint density at radius 1 is 1.09 bits per heavy atom. The Morgan fingerprint density at radius 2 is 1.91 bits per heavy atom. The third-order valence-corrected chi connectivity index (χ3v) is 3.66. The van der Waals surface area contributed by atoms with Crippen molar-refractivity contribution in [2.75, 3.05) is 12.1 Å². The summed E-state index contributed by atoms with van der Waals surface area (Å²) in [7, 11) is 0. The third-order valence-electron chi connectivity index (χ3n) is 3.66. The number of anilines is 1. The molecule has 2 N–H and O–H groups in total. The van der Waals surface area contributed by atoms with Gasteiger partial charge in [0.15, 0.2) is 11.5 Å². The van der Waals surface area contributed by atoms with E-state index in [2.05, 4.69) is 10.3 Å². The molecule has 0 fully saturated rings. The summed E-state index contributed by atoms with van der Waals surface area (Å²) >= 11 is 0. The van der Waals surface area contributed by atoms with Crippen LogP contribution in [0, 0.1) is 0 Å². The van der Waals surface area contributed by atoms with Crippen LogP contribution < -0.4 is 20.2 Å². The normalized spacial score (nSPS) is 12.3. The molecule has 0 saturated carbocycles. The van der Waals surface area contributed by atoms with Gasteiger partial charge < -0.3 is 19.8 Å². The summed E-state index contributed by atoms with van der Waals surface area (Å²) in [5.74, 6) is 0.720. The van der Waals surface area contributed by atoms with Gasteiger partial charge in [-0.3, -0.25) is 9.59 Å². The molecule has 3 aromatic rings. The minimum absolute atomic E-state index is 0.0568. The van der Waals surface area contributed by atoms with Gasteiger partial charge >= 0.3 is 0 Å². The number of benzene rings is 2. The van der Waals surface area contributed by atoms with Crippen molar-refractivity contribution in [3.8, 4) is 11.5 Å². The summed E-state index contributed by atoms with van der Waals surface area (Å²) in [6.45, 7) is 0.164. The van der Waals surface area contributed by atoms with E-state index >= 15 is 0 Å². The summed E-state index contributed by atoms with van der Waals surface area (Å²) in [5, 5.41) is 3.18. The van der Waals surface area contributed by atoms with E-state index in [9.17, 15) is 9.59 Å². The zero-order valence-electron chi connectivity index (χ0n) is 12.0. The number of carbonyl (C=O) groups is 1. The number of carbonyl (C=O) groups excluding carboxylic acids is 1. The molecule has 1 aliphatic rings. The van der Waals surface area contributed by atoms with Gasteiger partial charge in [-0.05, 0) is 24.3 Å². The monoisotopic (exact) mass is 308 g/mol. The summed E-state index contributed by atoms with van der Waals surface area (Å²) in [4.78, 5) is 27.8. The smallest absolute Gasteiger partial charge is 0.261 e. The molecule has 114 valence electrons. The average molecular weight is 308 g/mol. The lowest BCUT2D eigenvalue weighted by atomic mass is 10.1. The third kappa shape index (κ3) is 2.30. The lowest BCUT2D eigenvalue weighted by Gasteiger charge is -2.06. The van der Waals surface area contributed by atoms with Crippen molar-refractivity contribution in [3.05, 3.63) is 64.4 Å². The van der Waals surface area contributed by atoms with Crippen LogP contribution in [0.3, 0.4) is 0 Å². The zero-order chi connectivity index (χ0) is 15.8. The fourth-order valence-electron chi connectivity index (χ4n) is 2.51. The number of aromatic amines is 1. The predicted molar refractivity (Wildman–Crippen MR) is 85.1 cm³/mol. The first-order valence-electron chi connectivity index (χ1n) is 7.04. The van der Waals surface area contributed by atoms with Crippen molar-refractivity contribution >= 4 is 22.5 Å². The molecule has 0 atom stereocenters. The molecule has 0 bridgehead atoms.